The van der Waals surface area contributed by atoms with E-state index in [0.717, 1.165) is 12.1 Å². The molecule has 0 unspecified atom stereocenters. The molecule has 0 aliphatic carbocycles. The number of carbonyl (C=O) groups excluding carboxylic acids is 3. The van der Waals surface area contributed by atoms with E-state index in [2.05, 4.69) is 0 Å². The molecule has 0 atom stereocenters. The lowest BCUT2D eigenvalue weighted by molar-refractivity contribution is -0.236. The van der Waals surface area contributed by atoms with E-state index in [-0.39, 0.29) is 0 Å². The summed E-state index contributed by atoms with van der Waals surface area (Å²) in [7, 11) is 0. The van der Waals surface area contributed by atoms with Crippen molar-refractivity contribution in [3.63, 3.8) is 0 Å². The summed E-state index contributed by atoms with van der Waals surface area (Å²) < 4.78 is 35.8. The first kappa shape index (κ1) is 14.1. The molecule has 0 saturated carbocycles. The molecule has 7 heteroatoms. The second-order valence-corrected chi connectivity index (χ2v) is 4.66. The summed E-state index contributed by atoms with van der Waals surface area (Å²) in [6.45, 7) is 2.64. The maximum absolute atomic E-state index is 13.5. The normalized spacial score (nSPS) is 18.4. The number of cyclic esters (lactones) is 2. The molecule has 1 aliphatic rings. The Morgan fingerprint density at radius 1 is 1.15 bits per heavy atom. The summed E-state index contributed by atoms with van der Waals surface area (Å²) in [6.07, 6.45) is 0. The van der Waals surface area contributed by atoms with Crippen molar-refractivity contribution in [2.75, 3.05) is 0 Å². The smallest absolute Gasteiger partial charge is 0.331 e. The molecule has 1 fully saturated rings. The fourth-order valence-corrected chi connectivity index (χ4v) is 1.78. The number of halogens is 2. The van der Waals surface area contributed by atoms with Crippen molar-refractivity contribution in [2.24, 2.45) is 5.92 Å². The van der Waals surface area contributed by atoms with Gasteiger partial charge in [-0.1, -0.05) is 0 Å². The Bertz CT molecular complexity index is 589. The van der Waals surface area contributed by atoms with Gasteiger partial charge < -0.3 is 9.47 Å². The third-order valence-corrected chi connectivity index (χ3v) is 2.62. The predicted octanol–water partition coefficient (Wildman–Crippen LogP) is 1.60. The fourth-order valence-electron chi connectivity index (χ4n) is 1.78. The molecule has 0 aromatic heterocycles. The number of ketones is 1. The number of ether oxygens (including phenoxy) is 2. The SMILES string of the molecule is CC1(C)OC(=O)C(C(=O)c2ccc(F)cc2F)C(=O)O1. The minimum absolute atomic E-state index is 0.483. The number of hydrogen-bond acceptors (Lipinski definition) is 5. The molecular formula is C13H10F2O5. The van der Waals surface area contributed by atoms with Gasteiger partial charge in [-0.2, -0.15) is 0 Å². The van der Waals surface area contributed by atoms with Gasteiger partial charge in [0.25, 0.3) is 5.79 Å². The van der Waals surface area contributed by atoms with Crippen molar-refractivity contribution >= 4 is 17.7 Å². The third-order valence-electron chi connectivity index (χ3n) is 2.62. The molecular weight excluding hydrogens is 274 g/mol. The lowest BCUT2D eigenvalue weighted by Gasteiger charge is -2.32. The number of Topliss-reactive ketones (excluding diaryl/α,β-unsaturated/α-hetero) is 1. The molecule has 2 rings (SSSR count). The topological polar surface area (TPSA) is 69.7 Å². The molecule has 5 nitrogen and oxygen atoms in total. The number of carbonyl (C=O) groups is 3. The van der Waals surface area contributed by atoms with Crippen LogP contribution >= 0.6 is 0 Å². The quantitative estimate of drug-likeness (QED) is 0.468. The number of benzene rings is 1. The van der Waals surface area contributed by atoms with Crippen LogP contribution in [0.15, 0.2) is 18.2 Å². The summed E-state index contributed by atoms with van der Waals surface area (Å²) in [5, 5.41) is 0. The minimum atomic E-state index is -1.90. The lowest BCUT2D eigenvalue weighted by atomic mass is 9.96. The lowest BCUT2D eigenvalue weighted by Crippen LogP contribution is -2.49. The number of rotatable bonds is 2. The molecule has 0 N–H and O–H groups in total. The summed E-state index contributed by atoms with van der Waals surface area (Å²) in [6, 6.07) is 2.18. The molecule has 1 saturated heterocycles. The molecule has 0 spiro atoms. The monoisotopic (exact) mass is 284 g/mol. The van der Waals surface area contributed by atoms with Gasteiger partial charge in [-0.05, 0) is 12.1 Å². The van der Waals surface area contributed by atoms with Crippen LogP contribution in [0.3, 0.4) is 0 Å². The van der Waals surface area contributed by atoms with Gasteiger partial charge in [-0.3, -0.25) is 14.4 Å². The maximum Gasteiger partial charge on any atom is 0.331 e. The van der Waals surface area contributed by atoms with Crippen LogP contribution in [0, 0.1) is 17.6 Å². The molecule has 1 heterocycles. The van der Waals surface area contributed by atoms with E-state index in [4.69, 9.17) is 9.47 Å². The molecule has 20 heavy (non-hydrogen) atoms. The van der Waals surface area contributed by atoms with Crippen molar-refractivity contribution in [1.82, 2.24) is 0 Å². The largest absolute Gasteiger partial charge is 0.422 e. The Morgan fingerprint density at radius 3 is 2.20 bits per heavy atom. The zero-order valence-electron chi connectivity index (χ0n) is 10.6. The van der Waals surface area contributed by atoms with Crippen LogP contribution in [0.1, 0.15) is 24.2 Å². The van der Waals surface area contributed by atoms with E-state index in [1.54, 1.807) is 0 Å². The average molecular weight is 284 g/mol. The van der Waals surface area contributed by atoms with Gasteiger partial charge in [0.15, 0.2) is 5.78 Å². The van der Waals surface area contributed by atoms with Gasteiger partial charge in [0, 0.05) is 19.9 Å². The van der Waals surface area contributed by atoms with Crippen LogP contribution in [-0.4, -0.2) is 23.5 Å². The first-order valence-corrected chi connectivity index (χ1v) is 5.66. The van der Waals surface area contributed by atoms with Gasteiger partial charge in [-0.15, -0.1) is 0 Å². The molecule has 1 aromatic rings. The van der Waals surface area contributed by atoms with Crippen molar-refractivity contribution < 1.29 is 32.6 Å². The van der Waals surface area contributed by atoms with Gasteiger partial charge in [0.1, 0.15) is 11.6 Å². The van der Waals surface area contributed by atoms with Crippen molar-refractivity contribution in [3.05, 3.63) is 35.4 Å². The highest BCUT2D eigenvalue weighted by atomic mass is 19.1. The van der Waals surface area contributed by atoms with E-state index < -0.39 is 46.6 Å². The molecule has 1 aromatic carbocycles. The molecule has 0 radical (unpaired) electrons. The van der Waals surface area contributed by atoms with Gasteiger partial charge in [0.2, 0.25) is 5.92 Å². The van der Waals surface area contributed by atoms with Crippen LogP contribution in [0.25, 0.3) is 0 Å². The third kappa shape index (κ3) is 2.52. The van der Waals surface area contributed by atoms with Gasteiger partial charge >= 0.3 is 11.9 Å². The molecule has 0 amide bonds. The van der Waals surface area contributed by atoms with Crippen molar-refractivity contribution in [1.29, 1.82) is 0 Å². The average Bonchev–Trinajstić information content (AvgIpc) is 2.25. The van der Waals surface area contributed by atoms with Crippen molar-refractivity contribution in [2.45, 2.75) is 19.6 Å². The Labute approximate surface area is 112 Å². The number of esters is 2. The summed E-state index contributed by atoms with van der Waals surface area (Å²) >= 11 is 0. The van der Waals surface area contributed by atoms with Gasteiger partial charge in [-0.25, -0.2) is 8.78 Å². The first-order chi connectivity index (χ1) is 9.21. The Balaban J connectivity index is 2.34. The van der Waals surface area contributed by atoms with Crippen molar-refractivity contribution in [3.8, 4) is 0 Å². The van der Waals surface area contributed by atoms with Gasteiger partial charge in [0.05, 0.1) is 5.56 Å². The Morgan fingerprint density at radius 2 is 1.70 bits per heavy atom. The highest BCUT2D eigenvalue weighted by molar-refractivity contribution is 6.21. The first-order valence-electron chi connectivity index (χ1n) is 5.66. The maximum atomic E-state index is 13.5. The second-order valence-electron chi connectivity index (χ2n) is 4.66. The van der Waals surface area contributed by atoms with E-state index in [0.29, 0.717) is 6.07 Å². The predicted molar refractivity (Wildman–Crippen MR) is 60.4 cm³/mol. The molecule has 1 aliphatic heterocycles. The minimum Gasteiger partial charge on any atom is -0.422 e. The molecule has 0 bridgehead atoms. The highest BCUT2D eigenvalue weighted by Crippen LogP contribution is 2.26. The molecule has 106 valence electrons. The van der Waals surface area contributed by atoms with Crippen LogP contribution in [0.2, 0.25) is 0 Å². The highest BCUT2D eigenvalue weighted by Gasteiger charge is 2.47. The van der Waals surface area contributed by atoms with Crippen LogP contribution in [0.5, 0.6) is 0 Å². The zero-order valence-corrected chi connectivity index (χ0v) is 10.6. The Kier molecular flexibility index (Phi) is 3.29. The summed E-state index contributed by atoms with van der Waals surface area (Å²) in [4.78, 5) is 35.3. The van der Waals surface area contributed by atoms with Crippen LogP contribution in [0.4, 0.5) is 8.78 Å². The standard InChI is InChI=1S/C13H10F2O5/c1-13(2)19-11(17)9(12(18)20-13)10(16)7-4-3-6(14)5-8(7)15/h3-5,9H,1-2H3. The zero-order chi connectivity index (χ0) is 15.1. The van der Waals surface area contributed by atoms with E-state index in [1.807, 2.05) is 0 Å². The van der Waals surface area contributed by atoms with E-state index in [9.17, 15) is 23.2 Å². The van der Waals surface area contributed by atoms with Crippen LogP contribution < -0.4 is 0 Å². The fraction of sp³-hybridized carbons (Fsp3) is 0.308. The van der Waals surface area contributed by atoms with E-state index in [1.165, 1.54) is 13.8 Å². The summed E-state index contributed by atoms with van der Waals surface area (Å²) in [5.74, 6) is -8.81. The van der Waals surface area contributed by atoms with E-state index >= 15 is 0 Å². The van der Waals surface area contributed by atoms with Crippen LogP contribution in [-0.2, 0) is 19.1 Å². The Hall–Kier alpha value is -2.31. The second kappa shape index (κ2) is 4.66. The number of hydrogen-bond donors (Lipinski definition) is 0. The summed E-state index contributed by atoms with van der Waals surface area (Å²) in [5.41, 5.74) is -0.579.